The normalized spacial score (nSPS) is 19.0. The van der Waals surface area contributed by atoms with Crippen molar-refractivity contribution in [2.45, 2.75) is 20.0 Å². The van der Waals surface area contributed by atoms with Crippen LogP contribution in [0.15, 0.2) is 24.3 Å². The van der Waals surface area contributed by atoms with E-state index in [4.69, 9.17) is 15.2 Å². The standard InChI is InChI=1S/C16H21N3O2/c1-3-20-16-14(19-8-9-21-11(2)10-19)12-6-4-5-7-13(12)15(17)18-16/h4-7,11H,3,8-10H2,1-2H3,(H2,17,18). The summed E-state index contributed by atoms with van der Waals surface area (Å²) in [6, 6.07) is 8.07. The first-order valence-corrected chi connectivity index (χ1v) is 7.38. The molecule has 112 valence electrons. The molecule has 2 heterocycles. The maximum atomic E-state index is 6.08. The number of anilines is 2. The predicted molar refractivity (Wildman–Crippen MR) is 85.0 cm³/mol. The van der Waals surface area contributed by atoms with E-state index < -0.39 is 0 Å². The second-order valence-corrected chi connectivity index (χ2v) is 5.26. The summed E-state index contributed by atoms with van der Waals surface area (Å²) < 4.78 is 11.4. The highest BCUT2D eigenvalue weighted by molar-refractivity contribution is 6.02. The number of fused-ring (bicyclic) bond motifs is 1. The fourth-order valence-corrected chi connectivity index (χ4v) is 2.82. The molecule has 1 aromatic carbocycles. The molecule has 1 saturated heterocycles. The maximum Gasteiger partial charge on any atom is 0.240 e. The summed E-state index contributed by atoms with van der Waals surface area (Å²) in [6.07, 6.45) is 0.199. The van der Waals surface area contributed by atoms with Crippen LogP contribution in [0.3, 0.4) is 0 Å². The Labute approximate surface area is 124 Å². The SMILES string of the molecule is CCOc1nc(N)c2ccccc2c1N1CCOC(C)C1. The minimum absolute atomic E-state index is 0.199. The average Bonchev–Trinajstić information content (AvgIpc) is 2.48. The Balaban J connectivity index is 2.17. The van der Waals surface area contributed by atoms with E-state index in [0.29, 0.717) is 24.9 Å². The van der Waals surface area contributed by atoms with Gasteiger partial charge in [0.15, 0.2) is 0 Å². The molecular formula is C16H21N3O2. The number of ether oxygens (including phenoxy) is 2. The highest BCUT2D eigenvalue weighted by atomic mass is 16.5. The third kappa shape index (κ3) is 2.61. The lowest BCUT2D eigenvalue weighted by atomic mass is 10.1. The molecule has 0 bridgehead atoms. The molecule has 1 fully saturated rings. The van der Waals surface area contributed by atoms with E-state index in [1.807, 2.05) is 25.1 Å². The molecule has 1 unspecified atom stereocenters. The van der Waals surface area contributed by atoms with Crippen molar-refractivity contribution in [2.75, 3.05) is 36.9 Å². The summed E-state index contributed by atoms with van der Waals surface area (Å²) in [4.78, 5) is 6.75. The van der Waals surface area contributed by atoms with Gasteiger partial charge in [0.1, 0.15) is 11.5 Å². The number of nitrogens with two attached hydrogens (primary N) is 1. The van der Waals surface area contributed by atoms with Crippen molar-refractivity contribution in [1.29, 1.82) is 0 Å². The minimum atomic E-state index is 0.199. The van der Waals surface area contributed by atoms with E-state index in [9.17, 15) is 0 Å². The molecule has 1 atom stereocenters. The summed E-state index contributed by atoms with van der Waals surface area (Å²) in [5, 5.41) is 2.05. The molecule has 1 aliphatic rings. The Kier molecular flexibility index (Phi) is 3.84. The van der Waals surface area contributed by atoms with Crippen LogP contribution in [0.1, 0.15) is 13.8 Å². The lowest BCUT2D eigenvalue weighted by molar-refractivity contribution is 0.0531. The van der Waals surface area contributed by atoms with Crippen molar-refractivity contribution in [3.63, 3.8) is 0 Å². The first kappa shape index (κ1) is 13.9. The summed E-state index contributed by atoms with van der Waals surface area (Å²) >= 11 is 0. The monoisotopic (exact) mass is 287 g/mol. The van der Waals surface area contributed by atoms with Gasteiger partial charge in [0, 0.05) is 23.9 Å². The molecule has 0 aliphatic carbocycles. The van der Waals surface area contributed by atoms with E-state index in [1.54, 1.807) is 0 Å². The molecule has 0 saturated carbocycles. The second-order valence-electron chi connectivity index (χ2n) is 5.26. The molecule has 5 nitrogen and oxygen atoms in total. The van der Waals surface area contributed by atoms with Gasteiger partial charge in [-0.3, -0.25) is 0 Å². The number of hydrogen-bond acceptors (Lipinski definition) is 5. The Morgan fingerprint density at radius 1 is 1.38 bits per heavy atom. The van der Waals surface area contributed by atoms with Crippen molar-refractivity contribution in [2.24, 2.45) is 0 Å². The molecule has 2 aromatic rings. The fourth-order valence-electron chi connectivity index (χ4n) is 2.82. The zero-order valence-corrected chi connectivity index (χ0v) is 12.5. The van der Waals surface area contributed by atoms with Crippen LogP contribution in [-0.4, -0.2) is 37.4 Å². The van der Waals surface area contributed by atoms with Crippen molar-refractivity contribution >= 4 is 22.3 Å². The predicted octanol–water partition coefficient (Wildman–Crippen LogP) is 2.44. The van der Waals surface area contributed by atoms with Crippen LogP contribution in [0.4, 0.5) is 11.5 Å². The van der Waals surface area contributed by atoms with Gasteiger partial charge in [-0.25, -0.2) is 0 Å². The van der Waals surface area contributed by atoms with Crippen LogP contribution in [-0.2, 0) is 4.74 Å². The topological polar surface area (TPSA) is 60.6 Å². The lowest BCUT2D eigenvalue weighted by Gasteiger charge is -2.34. The molecule has 5 heteroatoms. The maximum absolute atomic E-state index is 6.08. The number of pyridine rings is 1. The van der Waals surface area contributed by atoms with Gasteiger partial charge in [0.25, 0.3) is 0 Å². The highest BCUT2D eigenvalue weighted by Crippen LogP contribution is 2.38. The largest absolute Gasteiger partial charge is 0.476 e. The Bertz CT molecular complexity index is 645. The zero-order valence-electron chi connectivity index (χ0n) is 12.5. The number of aromatic nitrogens is 1. The molecule has 0 spiro atoms. The summed E-state index contributed by atoms with van der Waals surface area (Å²) in [5.41, 5.74) is 7.10. The van der Waals surface area contributed by atoms with Crippen LogP contribution < -0.4 is 15.4 Å². The van der Waals surface area contributed by atoms with Crippen LogP contribution in [0.25, 0.3) is 10.8 Å². The number of morpholine rings is 1. The number of benzene rings is 1. The number of rotatable bonds is 3. The molecule has 3 rings (SSSR count). The van der Waals surface area contributed by atoms with Gasteiger partial charge in [-0.1, -0.05) is 24.3 Å². The van der Waals surface area contributed by atoms with Crippen molar-refractivity contribution < 1.29 is 9.47 Å². The van der Waals surface area contributed by atoms with Gasteiger partial charge < -0.3 is 20.1 Å². The average molecular weight is 287 g/mol. The number of nitrogens with zero attached hydrogens (tertiary/aromatic N) is 2. The summed E-state index contributed by atoms with van der Waals surface area (Å²) in [6.45, 7) is 6.98. The van der Waals surface area contributed by atoms with Crippen LogP contribution in [0.2, 0.25) is 0 Å². The van der Waals surface area contributed by atoms with E-state index in [-0.39, 0.29) is 6.10 Å². The lowest BCUT2D eigenvalue weighted by Crippen LogP contribution is -2.41. The molecule has 2 N–H and O–H groups in total. The molecule has 0 amide bonds. The van der Waals surface area contributed by atoms with Gasteiger partial charge in [0.05, 0.1) is 19.3 Å². The van der Waals surface area contributed by atoms with Crippen LogP contribution in [0.5, 0.6) is 5.88 Å². The zero-order chi connectivity index (χ0) is 14.8. The molecular weight excluding hydrogens is 266 g/mol. The molecule has 21 heavy (non-hydrogen) atoms. The Morgan fingerprint density at radius 2 is 2.14 bits per heavy atom. The first-order chi connectivity index (χ1) is 10.2. The fraction of sp³-hybridized carbons (Fsp3) is 0.438. The third-order valence-corrected chi connectivity index (χ3v) is 3.72. The van der Waals surface area contributed by atoms with E-state index >= 15 is 0 Å². The van der Waals surface area contributed by atoms with Gasteiger partial charge in [-0.05, 0) is 13.8 Å². The van der Waals surface area contributed by atoms with Gasteiger partial charge in [-0.15, -0.1) is 0 Å². The first-order valence-electron chi connectivity index (χ1n) is 7.38. The molecule has 1 aromatic heterocycles. The number of nitrogen functional groups attached to an aromatic ring is 1. The summed E-state index contributed by atoms with van der Waals surface area (Å²) in [7, 11) is 0. The van der Waals surface area contributed by atoms with Crippen molar-refractivity contribution in [3.8, 4) is 5.88 Å². The Morgan fingerprint density at radius 3 is 2.86 bits per heavy atom. The van der Waals surface area contributed by atoms with Crippen molar-refractivity contribution in [1.82, 2.24) is 4.98 Å². The molecule has 0 radical (unpaired) electrons. The Hall–Kier alpha value is -2.01. The molecule has 1 aliphatic heterocycles. The highest BCUT2D eigenvalue weighted by Gasteiger charge is 2.24. The minimum Gasteiger partial charge on any atom is -0.476 e. The number of hydrogen-bond donors (Lipinski definition) is 1. The third-order valence-electron chi connectivity index (χ3n) is 3.72. The van der Waals surface area contributed by atoms with Crippen molar-refractivity contribution in [3.05, 3.63) is 24.3 Å². The second kappa shape index (κ2) is 5.77. The quantitative estimate of drug-likeness (QED) is 0.939. The van der Waals surface area contributed by atoms with Crippen LogP contribution in [0, 0.1) is 0 Å². The summed E-state index contributed by atoms with van der Waals surface area (Å²) in [5.74, 6) is 1.13. The van der Waals surface area contributed by atoms with E-state index in [2.05, 4.69) is 22.9 Å². The van der Waals surface area contributed by atoms with Gasteiger partial charge in [0.2, 0.25) is 5.88 Å². The van der Waals surface area contributed by atoms with Gasteiger partial charge in [-0.2, -0.15) is 4.98 Å². The van der Waals surface area contributed by atoms with E-state index in [1.165, 1.54) is 0 Å². The smallest absolute Gasteiger partial charge is 0.240 e. The van der Waals surface area contributed by atoms with E-state index in [0.717, 1.165) is 29.5 Å². The van der Waals surface area contributed by atoms with Gasteiger partial charge >= 0.3 is 0 Å². The van der Waals surface area contributed by atoms with Crippen LogP contribution >= 0.6 is 0 Å².